The number of hydrogen-bond acceptors (Lipinski definition) is 2. The third-order valence-electron chi connectivity index (χ3n) is 14.0. The maximum absolute atomic E-state index is 6.17. The second-order valence-corrected chi connectivity index (χ2v) is 18.1. The Balaban J connectivity index is 0.904. The molecular formula is C63H44N2O. The first-order valence-electron chi connectivity index (χ1n) is 22.8. The van der Waals surface area contributed by atoms with Crippen LogP contribution in [-0.4, -0.2) is 4.57 Å². The van der Waals surface area contributed by atoms with Gasteiger partial charge in [-0.1, -0.05) is 153 Å². The van der Waals surface area contributed by atoms with Gasteiger partial charge in [0.1, 0.15) is 11.2 Å². The zero-order valence-corrected chi connectivity index (χ0v) is 36.7. The summed E-state index contributed by atoms with van der Waals surface area (Å²) < 4.78 is 8.54. The topological polar surface area (TPSA) is 21.3 Å². The first-order valence-corrected chi connectivity index (χ1v) is 22.8. The molecule has 0 saturated carbocycles. The lowest BCUT2D eigenvalue weighted by Crippen LogP contribution is -2.16. The molecule has 312 valence electrons. The largest absolute Gasteiger partial charge is 0.456 e. The van der Waals surface area contributed by atoms with Gasteiger partial charge >= 0.3 is 0 Å². The molecule has 0 N–H and O–H groups in total. The van der Waals surface area contributed by atoms with Crippen LogP contribution in [0.5, 0.6) is 0 Å². The molecule has 0 amide bonds. The van der Waals surface area contributed by atoms with Crippen molar-refractivity contribution in [1.82, 2.24) is 4.57 Å². The summed E-state index contributed by atoms with van der Waals surface area (Å²) in [5, 5.41) is 4.76. The molecule has 1 aliphatic rings. The van der Waals surface area contributed by atoms with Gasteiger partial charge in [0.2, 0.25) is 0 Å². The molecule has 66 heavy (non-hydrogen) atoms. The zero-order chi connectivity index (χ0) is 43.9. The lowest BCUT2D eigenvalue weighted by atomic mass is 9.81. The molecule has 0 aliphatic heterocycles. The molecule has 3 nitrogen and oxygen atoms in total. The third kappa shape index (κ3) is 6.04. The minimum Gasteiger partial charge on any atom is -0.456 e. The zero-order valence-electron chi connectivity index (χ0n) is 36.7. The second kappa shape index (κ2) is 14.8. The number of furan rings is 1. The van der Waals surface area contributed by atoms with Gasteiger partial charge in [0.15, 0.2) is 0 Å². The van der Waals surface area contributed by atoms with Gasteiger partial charge in [0, 0.05) is 49.7 Å². The fourth-order valence-corrected chi connectivity index (χ4v) is 10.6. The van der Waals surface area contributed by atoms with E-state index in [2.05, 4.69) is 242 Å². The minimum absolute atomic E-state index is 0.191. The summed E-state index contributed by atoms with van der Waals surface area (Å²) in [6.07, 6.45) is 0. The van der Waals surface area contributed by atoms with Gasteiger partial charge in [-0.05, 0) is 147 Å². The van der Waals surface area contributed by atoms with Gasteiger partial charge in [-0.3, -0.25) is 0 Å². The first kappa shape index (κ1) is 38.1. The number of rotatable bonds is 7. The van der Waals surface area contributed by atoms with Crippen molar-refractivity contribution >= 4 is 60.8 Å². The Morgan fingerprint density at radius 3 is 1.56 bits per heavy atom. The molecule has 0 spiro atoms. The quantitative estimate of drug-likeness (QED) is 0.159. The average molecular weight is 845 g/mol. The van der Waals surface area contributed by atoms with Crippen molar-refractivity contribution in [2.75, 3.05) is 4.90 Å². The standard InChI is InChI=1S/C63H44N2O/c1-63(2)57-39-46(41-13-5-3-6-14-41)25-33-51(57)52-34-32-50(40-58(52)63)64(49-30-23-43(24-31-49)45-27-36-62-56(38-45)54-18-10-12-20-61(54)66-62)48-28-21-42(22-29-48)44-26-35-60-55(37-44)53-17-9-11-19-59(53)65(60)47-15-7-4-8-16-47/h3-40H,1-2H3. The van der Waals surface area contributed by atoms with E-state index < -0.39 is 0 Å². The molecule has 0 bridgehead atoms. The van der Waals surface area contributed by atoms with Crippen molar-refractivity contribution in [1.29, 1.82) is 0 Å². The van der Waals surface area contributed by atoms with Gasteiger partial charge < -0.3 is 13.9 Å². The Morgan fingerprint density at radius 1 is 0.348 bits per heavy atom. The molecule has 3 heteroatoms. The molecule has 13 rings (SSSR count). The lowest BCUT2D eigenvalue weighted by Gasteiger charge is -2.28. The van der Waals surface area contributed by atoms with E-state index in [1.807, 2.05) is 12.1 Å². The van der Waals surface area contributed by atoms with Crippen molar-refractivity contribution in [3.63, 3.8) is 0 Å². The number of nitrogens with zero attached hydrogens (tertiary/aromatic N) is 2. The lowest BCUT2D eigenvalue weighted by molar-refractivity contribution is 0.660. The number of hydrogen-bond donors (Lipinski definition) is 0. The van der Waals surface area contributed by atoms with E-state index in [1.54, 1.807) is 0 Å². The van der Waals surface area contributed by atoms with Gasteiger partial charge in [-0.25, -0.2) is 0 Å². The van der Waals surface area contributed by atoms with Crippen LogP contribution < -0.4 is 4.90 Å². The summed E-state index contributed by atoms with van der Waals surface area (Å²) in [5.74, 6) is 0. The Labute approximate surface area is 384 Å². The van der Waals surface area contributed by atoms with Gasteiger partial charge in [0.05, 0.1) is 11.0 Å². The summed E-state index contributed by atoms with van der Waals surface area (Å²) in [6.45, 7) is 4.75. The molecule has 1 aliphatic carbocycles. The van der Waals surface area contributed by atoms with Crippen LogP contribution in [0.15, 0.2) is 235 Å². The van der Waals surface area contributed by atoms with Crippen LogP contribution >= 0.6 is 0 Å². The number of para-hydroxylation sites is 3. The van der Waals surface area contributed by atoms with E-state index in [4.69, 9.17) is 4.42 Å². The Morgan fingerprint density at radius 2 is 0.833 bits per heavy atom. The van der Waals surface area contributed by atoms with Crippen LogP contribution in [0, 0.1) is 0 Å². The number of fused-ring (bicyclic) bond motifs is 9. The van der Waals surface area contributed by atoms with E-state index in [9.17, 15) is 0 Å². The Hall–Kier alpha value is -8.40. The smallest absolute Gasteiger partial charge is 0.135 e. The highest BCUT2D eigenvalue weighted by Gasteiger charge is 2.36. The second-order valence-electron chi connectivity index (χ2n) is 18.1. The predicted molar refractivity (Wildman–Crippen MR) is 277 cm³/mol. The first-order chi connectivity index (χ1) is 32.5. The van der Waals surface area contributed by atoms with Crippen LogP contribution in [-0.2, 0) is 5.41 Å². The normalized spacial score (nSPS) is 12.8. The molecule has 0 atom stereocenters. The highest BCUT2D eigenvalue weighted by Crippen LogP contribution is 2.52. The fraction of sp³-hybridized carbons (Fsp3) is 0.0476. The molecule has 12 aromatic rings. The monoisotopic (exact) mass is 844 g/mol. The minimum atomic E-state index is -0.191. The SMILES string of the molecule is CC1(C)c2cc(-c3ccccc3)ccc2-c2ccc(N(c3ccc(-c4ccc5oc6ccccc6c5c4)cc3)c3ccc(-c4ccc5c(c4)c4ccccc4n5-c4ccccc4)cc3)cc21. The average Bonchev–Trinajstić information content (AvgIpc) is 3.99. The van der Waals surface area contributed by atoms with Crippen molar-refractivity contribution < 1.29 is 4.42 Å². The molecule has 2 heterocycles. The molecular weight excluding hydrogens is 801 g/mol. The van der Waals surface area contributed by atoms with E-state index in [-0.39, 0.29) is 5.41 Å². The maximum atomic E-state index is 6.17. The number of anilines is 3. The van der Waals surface area contributed by atoms with Crippen molar-refractivity contribution in [2.24, 2.45) is 0 Å². The van der Waals surface area contributed by atoms with Crippen molar-refractivity contribution in [3.05, 3.63) is 242 Å². The predicted octanol–water partition coefficient (Wildman–Crippen LogP) is 17.5. The van der Waals surface area contributed by atoms with E-state index in [0.717, 1.165) is 55.8 Å². The molecule has 10 aromatic carbocycles. The van der Waals surface area contributed by atoms with Crippen LogP contribution in [0.4, 0.5) is 17.1 Å². The highest BCUT2D eigenvalue weighted by atomic mass is 16.3. The summed E-state index contributed by atoms with van der Waals surface area (Å²) in [5.41, 5.74) is 21.0. The van der Waals surface area contributed by atoms with Crippen LogP contribution in [0.25, 0.3) is 93.9 Å². The Bertz CT molecular complexity index is 3820. The van der Waals surface area contributed by atoms with Gasteiger partial charge in [-0.15, -0.1) is 0 Å². The molecule has 0 unspecified atom stereocenters. The summed E-state index contributed by atoms with van der Waals surface area (Å²) in [7, 11) is 0. The molecule has 0 fully saturated rings. The molecule has 0 saturated heterocycles. The van der Waals surface area contributed by atoms with E-state index >= 15 is 0 Å². The van der Waals surface area contributed by atoms with Crippen LogP contribution in [0.2, 0.25) is 0 Å². The molecule has 0 radical (unpaired) electrons. The van der Waals surface area contributed by atoms with Crippen LogP contribution in [0.3, 0.4) is 0 Å². The van der Waals surface area contributed by atoms with E-state index in [1.165, 1.54) is 66.3 Å². The maximum Gasteiger partial charge on any atom is 0.135 e. The summed E-state index contributed by atoms with van der Waals surface area (Å²) in [4.78, 5) is 2.41. The Kier molecular flexibility index (Phi) is 8.56. The van der Waals surface area contributed by atoms with Gasteiger partial charge in [0.25, 0.3) is 0 Å². The number of benzene rings is 10. The van der Waals surface area contributed by atoms with Gasteiger partial charge in [-0.2, -0.15) is 0 Å². The summed E-state index contributed by atoms with van der Waals surface area (Å²) in [6, 6.07) is 84.0. The number of aromatic nitrogens is 1. The van der Waals surface area contributed by atoms with Crippen molar-refractivity contribution in [2.45, 2.75) is 19.3 Å². The molecule has 2 aromatic heterocycles. The third-order valence-corrected chi connectivity index (χ3v) is 14.0. The summed E-state index contributed by atoms with van der Waals surface area (Å²) >= 11 is 0. The fourth-order valence-electron chi connectivity index (χ4n) is 10.6. The van der Waals surface area contributed by atoms with Crippen LogP contribution in [0.1, 0.15) is 25.0 Å². The van der Waals surface area contributed by atoms with Crippen molar-refractivity contribution in [3.8, 4) is 50.2 Å². The van der Waals surface area contributed by atoms with E-state index in [0.29, 0.717) is 0 Å². The highest BCUT2D eigenvalue weighted by molar-refractivity contribution is 6.10.